The monoisotopic (exact) mass is 443 g/mol. The fourth-order valence-electron chi connectivity index (χ4n) is 3.09. The van der Waals surface area contributed by atoms with Crippen LogP contribution in [0.15, 0.2) is 36.5 Å². The molecule has 0 fully saturated rings. The molecule has 0 aliphatic rings. The Morgan fingerprint density at radius 1 is 1.25 bits per heavy atom. The summed E-state index contributed by atoms with van der Waals surface area (Å²) >= 11 is 0. The maximum absolute atomic E-state index is 12.5. The van der Waals surface area contributed by atoms with Crippen LogP contribution in [0.3, 0.4) is 0 Å². The van der Waals surface area contributed by atoms with Gasteiger partial charge in [0.05, 0.1) is 31.9 Å². The summed E-state index contributed by atoms with van der Waals surface area (Å²) in [6, 6.07) is 8.82. The van der Waals surface area contributed by atoms with Crippen molar-refractivity contribution in [3.63, 3.8) is 0 Å². The third-order valence-corrected chi connectivity index (χ3v) is 4.80. The SMILES string of the molecule is CCCCCC(CN(O)C=O)C(=O)NCNC(=O)c1cccc(-c2ccnc(OC)n2)c1. The molecule has 10 nitrogen and oxygen atoms in total. The second-order valence-corrected chi connectivity index (χ2v) is 7.15. The molecular formula is C22H29N5O5. The van der Waals surface area contributed by atoms with Crippen LogP contribution in [0.1, 0.15) is 43.0 Å². The summed E-state index contributed by atoms with van der Waals surface area (Å²) in [4.78, 5) is 43.9. The van der Waals surface area contributed by atoms with E-state index in [4.69, 9.17) is 4.74 Å². The molecule has 32 heavy (non-hydrogen) atoms. The van der Waals surface area contributed by atoms with Gasteiger partial charge in [-0.1, -0.05) is 38.3 Å². The van der Waals surface area contributed by atoms with E-state index in [-0.39, 0.29) is 37.4 Å². The molecule has 1 aromatic carbocycles. The van der Waals surface area contributed by atoms with Crippen molar-refractivity contribution in [1.29, 1.82) is 0 Å². The van der Waals surface area contributed by atoms with Gasteiger partial charge in [-0.25, -0.2) is 10.0 Å². The summed E-state index contributed by atoms with van der Waals surface area (Å²) in [7, 11) is 1.47. The topological polar surface area (TPSA) is 134 Å². The second-order valence-electron chi connectivity index (χ2n) is 7.15. The predicted molar refractivity (Wildman–Crippen MR) is 117 cm³/mol. The molecule has 172 valence electrons. The number of ether oxygens (including phenoxy) is 1. The summed E-state index contributed by atoms with van der Waals surface area (Å²) in [6.45, 7) is 1.86. The number of hydrogen-bond acceptors (Lipinski definition) is 7. The third-order valence-electron chi connectivity index (χ3n) is 4.80. The number of hydrogen-bond donors (Lipinski definition) is 3. The fourth-order valence-corrected chi connectivity index (χ4v) is 3.09. The largest absolute Gasteiger partial charge is 0.467 e. The van der Waals surface area contributed by atoms with E-state index in [1.54, 1.807) is 30.5 Å². The first kappa shape index (κ1) is 24.7. The van der Waals surface area contributed by atoms with Crippen LogP contribution in [-0.2, 0) is 9.59 Å². The van der Waals surface area contributed by atoms with Gasteiger partial charge in [-0.05, 0) is 24.6 Å². The summed E-state index contributed by atoms with van der Waals surface area (Å²) in [5.74, 6) is -1.28. The summed E-state index contributed by atoms with van der Waals surface area (Å²) in [6.07, 6.45) is 5.10. The molecule has 1 unspecified atom stereocenters. The summed E-state index contributed by atoms with van der Waals surface area (Å²) in [5, 5.41) is 15.2. The van der Waals surface area contributed by atoms with E-state index < -0.39 is 5.92 Å². The van der Waals surface area contributed by atoms with Crippen LogP contribution in [0.25, 0.3) is 11.3 Å². The van der Waals surface area contributed by atoms with Crippen molar-refractivity contribution in [3.8, 4) is 17.3 Å². The highest BCUT2D eigenvalue weighted by molar-refractivity contribution is 5.95. The van der Waals surface area contributed by atoms with Gasteiger partial charge in [0.1, 0.15) is 0 Å². The van der Waals surface area contributed by atoms with E-state index in [2.05, 4.69) is 20.6 Å². The first-order chi connectivity index (χ1) is 15.5. The maximum Gasteiger partial charge on any atom is 0.316 e. The van der Waals surface area contributed by atoms with Gasteiger partial charge in [0.25, 0.3) is 5.91 Å². The van der Waals surface area contributed by atoms with Gasteiger partial charge in [-0.3, -0.25) is 19.6 Å². The smallest absolute Gasteiger partial charge is 0.316 e. The van der Waals surface area contributed by atoms with Gasteiger partial charge in [0.2, 0.25) is 12.3 Å². The Labute approximate surface area is 187 Å². The van der Waals surface area contributed by atoms with E-state index in [1.165, 1.54) is 7.11 Å². The number of carbonyl (C=O) groups is 3. The lowest BCUT2D eigenvalue weighted by Crippen LogP contribution is -2.43. The number of aromatic nitrogens is 2. The molecule has 0 bridgehead atoms. The van der Waals surface area contributed by atoms with Gasteiger partial charge >= 0.3 is 6.01 Å². The first-order valence-corrected chi connectivity index (χ1v) is 10.4. The van der Waals surface area contributed by atoms with Gasteiger partial charge in [-0.2, -0.15) is 4.98 Å². The Balaban J connectivity index is 1.94. The van der Waals surface area contributed by atoms with Crippen molar-refractivity contribution in [2.45, 2.75) is 32.6 Å². The standard InChI is InChI=1S/C22H29N5O5/c1-3-4-5-7-18(13-27(31)15-28)21(30)25-14-24-20(29)17-9-6-8-16(12-17)19-10-11-23-22(26-19)32-2/h6,8-12,15,18,31H,3-5,7,13-14H2,1-2H3,(H,24,29)(H,25,30). The van der Waals surface area contributed by atoms with Gasteiger partial charge in [0, 0.05) is 17.3 Å². The van der Waals surface area contributed by atoms with E-state index in [1.807, 2.05) is 13.0 Å². The number of amides is 3. The minimum absolute atomic E-state index is 0.0833. The first-order valence-electron chi connectivity index (χ1n) is 10.4. The zero-order valence-corrected chi connectivity index (χ0v) is 18.3. The summed E-state index contributed by atoms with van der Waals surface area (Å²) < 4.78 is 5.03. The van der Waals surface area contributed by atoms with E-state index >= 15 is 0 Å². The zero-order valence-electron chi connectivity index (χ0n) is 18.3. The van der Waals surface area contributed by atoms with Crippen molar-refractivity contribution >= 4 is 18.2 Å². The Bertz CT molecular complexity index is 908. The fraction of sp³-hybridized carbons (Fsp3) is 0.409. The van der Waals surface area contributed by atoms with E-state index in [0.717, 1.165) is 24.8 Å². The molecule has 1 aromatic heterocycles. The summed E-state index contributed by atoms with van der Waals surface area (Å²) in [5.41, 5.74) is 1.73. The van der Waals surface area contributed by atoms with Crippen LogP contribution in [0.5, 0.6) is 6.01 Å². The van der Waals surface area contributed by atoms with Gasteiger partial charge < -0.3 is 15.4 Å². The van der Waals surface area contributed by atoms with E-state index in [0.29, 0.717) is 22.7 Å². The van der Waals surface area contributed by atoms with Crippen LogP contribution in [0.4, 0.5) is 0 Å². The minimum atomic E-state index is -0.565. The Hall–Kier alpha value is -3.53. The van der Waals surface area contributed by atoms with Crippen molar-refractivity contribution in [1.82, 2.24) is 25.7 Å². The van der Waals surface area contributed by atoms with Crippen LogP contribution >= 0.6 is 0 Å². The predicted octanol–water partition coefficient (Wildman–Crippen LogP) is 2.00. The molecule has 3 N–H and O–H groups in total. The molecular weight excluding hydrogens is 414 g/mol. The van der Waals surface area contributed by atoms with Gasteiger partial charge in [-0.15, -0.1) is 0 Å². The number of benzene rings is 1. The second kappa shape index (κ2) is 13.0. The molecule has 1 heterocycles. The molecule has 1 atom stereocenters. The van der Waals surface area contributed by atoms with E-state index in [9.17, 15) is 19.6 Å². The molecule has 10 heteroatoms. The number of carbonyl (C=O) groups excluding carboxylic acids is 3. The third kappa shape index (κ3) is 7.62. The highest BCUT2D eigenvalue weighted by atomic mass is 16.5. The number of methoxy groups -OCH3 is 1. The van der Waals surface area contributed by atoms with Crippen molar-refractivity contribution in [3.05, 3.63) is 42.1 Å². The molecule has 2 rings (SSSR count). The number of nitrogens with one attached hydrogen (secondary N) is 2. The number of nitrogens with zero attached hydrogens (tertiary/aromatic N) is 3. The molecule has 2 aromatic rings. The number of unbranched alkanes of at least 4 members (excludes halogenated alkanes) is 2. The highest BCUT2D eigenvalue weighted by Gasteiger charge is 2.20. The van der Waals surface area contributed by atoms with Crippen molar-refractivity contribution in [2.75, 3.05) is 20.3 Å². The lowest BCUT2D eigenvalue weighted by atomic mass is 10.0. The molecule has 3 amide bonds. The molecule has 0 spiro atoms. The lowest BCUT2D eigenvalue weighted by molar-refractivity contribution is -0.154. The zero-order chi connectivity index (χ0) is 23.3. The van der Waals surface area contributed by atoms with Crippen LogP contribution in [0, 0.1) is 5.92 Å². The quantitative estimate of drug-likeness (QED) is 0.142. The minimum Gasteiger partial charge on any atom is -0.467 e. The molecule has 0 radical (unpaired) electrons. The van der Waals surface area contributed by atoms with Crippen LogP contribution in [-0.4, -0.2) is 58.8 Å². The number of rotatable bonds is 13. The number of hydroxylamine groups is 2. The Morgan fingerprint density at radius 3 is 2.78 bits per heavy atom. The maximum atomic E-state index is 12.5. The van der Waals surface area contributed by atoms with Crippen molar-refractivity contribution in [2.24, 2.45) is 5.92 Å². The highest BCUT2D eigenvalue weighted by Crippen LogP contribution is 2.19. The normalized spacial score (nSPS) is 11.3. The Kier molecular flexibility index (Phi) is 10.1. The molecule has 0 aliphatic heterocycles. The Morgan fingerprint density at radius 2 is 2.06 bits per heavy atom. The average molecular weight is 444 g/mol. The molecule has 0 aliphatic carbocycles. The molecule has 0 saturated carbocycles. The molecule has 0 saturated heterocycles. The van der Waals surface area contributed by atoms with Gasteiger partial charge in [0.15, 0.2) is 0 Å². The lowest BCUT2D eigenvalue weighted by Gasteiger charge is -2.19. The van der Waals surface area contributed by atoms with Crippen LogP contribution < -0.4 is 15.4 Å². The van der Waals surface area contributed by atoms with Crippen LogP contribution in [0.2, 0.25) is 0 Å². The average Bonchev–Trinajstić information content (AvgIpc) is 2.83. The van der Waals surface area contributed by atoms with Crippen molar-refractivity contribution < 1.29 is 24.3 Å².